The number of hydrogen-bond acceptors (Lipinski definition) is 2. The van der Waals surface area contributed by atoms with Crippen molar-refractivity contribution in [2.24, 2.45) is 0 Å². The third kappa shape index (κ3) is 4.25. The molecule has 0 aromatic rings. The highest BCUT2D eigenvalue weighted by Crippen LogP contribution is 2.42. The topological polar surface area (TPSA) is 46.5 Å². The maximum Gasteiger partial charge on any atom is 0.375 e. The Morgan fingerprint density at radius 2 is 2.33 bits per heavy atom. The third-order valence-corrected chi connectivity index (χ3v) is 2.09. The molecule has 1 atom stereocenters. The lowest BCUT2D eigenvalue weighted by atomic mass is 10.7. The van der Waals surface area contributed by atoms with Gasteiger partial charge in [-0.1, -0.05) is 13.5 Å². The quantitative estimate of drug-likeness (QED) is 0.492. The minimum Gasteiger partial charge on any atom is -0.430 e. The maximum absolute atomic E-state index is 10.7. The monoisotopic (exact) mass is 150 g/mol. The highest BCUT2D eigenvalue weighted by Gasteiger charge is 2.15. The second kappa shape index (κ2) is 3.04. The van der Waals surface area contributed by atoms with Crippen molar-refractivity contribution in [3.8, 4) is 0 Å². The van der Waals surface area contributed by atoms with Crippen LogP contribution in [-0.4, -0.2) is 11.1 Å². The molecule has 54 valence electrons. The third-order valence-electron chi connectivity index (χ3n) is 0.698. The van der Waals surface area contributed by atoms with E-state index < -0.39 is 7.60 Å². The van der Waals surface area contributed by atoms with E-state index in [1.807, 2.05) is 0 Å². The molecule has 0 rings (SSSR count). The Morgan fingerprint density at radius 1 is 1.89 bits per heavy atom. The Labute approximate surface area is 54.9 Å². The largest absolute Gasteiger partial charge is 0.430 e. The van der Waals surface area contributed by atoms with Gasteiger partial charge >= 0.3 is 7.60 Å². The van der Waals surface area contributed by atoms with Crippen molar-refractivity contribution in [3.63, 3.8) is 0 Å². The van der Waals surface area contributed by atoms with Crippen molar-refractivity contribution in [3.05, 3.63) is 12.3 Å². The smallest absolute Gasteiger partial charge is 0.375 e. The van der Waals surface area contributed by atoms with E-state index in [9.17, 15) is 4.57 Å². The van der Waals surface area contributed by atoms with E-state index in [1.165, 1.54) is 0 Å². The van der Waals surface area contributed by atoms with Gasteiger partial charge in [0.15, 0.2) is 0 Å². The summed E-state index contributed by atoms with van der Waals surface area (Å²) in [6.07, 6.45) is 0.125. The normalized spacial score (nSPS) is 16.3. The summed E-state index contributed by atoms with van der Waals surface area (Å²) < 4.78 is 15.2. The van der Waals surface area contributed by atoms with E-state index in [-0.39, 0.29) is 11.9 Å². The second-order valence-corrected chi connectivity index (χ2v) is 3.84. The van der Waals surface area contributed by atoms with E-state index in [1.54, 1.807) is 13.8 Å². The first kappa shape index (κ1) is 8.73. The molecule has 1 unspecified atom stereocenters. The summed E-state index contributed by atoms with van der Waals surface area (Å²) in [6, 6.07) is 0. The molecule has 0 aromatic carbocycles. The van der Waals surface area contributed by atoms with Crippen LogP contribution in [0.4, 0.5) is 0 Å². The van der Waals surface area contributed by atoms with Gasteiger partial charge in [-0.2, -0.15) is 0 Å². The molecule has 0 spiro atoms. The van der Waals surface area contributed by atoms with Crippen LogP contribution >= 0.6 is 7.60 Å². The summed E-state index contributed by atoms with van der Waals surface area (Å²) in [4.78, 5) is 8.77. The molecule has 0 amide bonds. The molecule has 1 N–H and O–H groups in total. The van der Waals surface area contributed by atoms with Crippen LogP contribution in [0.1, 0.15) is 13.8 Å². The molecular weight excluding hydrogens is 139 g/mol. The molecule has 0 aromatic heterocycles. The van der Waals surface area contributed by atoms with E-state index >= 15 is 0 Å². The summed E-state index contributed by atoms with van der Waals surface area (Å²) in [6.45, 7) is 6.46. The molecular formula is C5H11O3P. The number of rotatable bonds is 3. The molecule has 0 aliphatic heterocycles. The van der Waals surface area contributed by atoms with Gasteiger partial charge in [0.25, 0.3) is 0 Å². The van der Waals surface area contributed by atoms with Crippen LogP contribution in [-0.2, 0) is 9.09 Å². The molecule has 4 heteroatoms. The van der Waals surface area contributed by atoms with Crippen molar-refractivity contribution < 1.29 is 14.0 Å². The van der Waals surface area contributed by atoms with Crippen LogP contribution in [0.2, 0.25) is 0 Å². The van der Waals surface area contributed by atoms with Crippen LogP contribution in [0.3, 0.4) is 0 Å². The second-order valence-electron chi connectivity index (χ2n) is 1.75. The first-order valence-electron chi connectivity index (χ1n) is 2.65. The Balaban J connectivity index is 3.88. The predicted octanol–water partition coefficient (Wildman–Crippen LogP) is 1.74. The molecule has 0 fully saturated rings. The predicted molar refractivity (Wildman–Crippen MR) is 36.3 cm³/mol. The molecule has 0 saturated heterocycles. The zero-order chi connectivity index (χ0) is 7.49. The fourth-order valence-electron chi connectivity index (χ4n) is 0.308. The zero-order valence-electron chi connectivity index (χ0n) is 5.63. The van der Waals surface area contributed by atoms with Crippen LogP contribution < -0.4 is 0 Å². The van der Waals surface area contributed by atoms with E-state index in [4.69, 9.17) is 4.89 Å². The molecule has 3 nitrogen and oxygen atoms in total. The van der Waals surface area contributed by atoms with Crippen LogP contribution in [0.15, 0.2) is 12.3 Å². The molecule has 0 heterocycles. The summed E-state index contributed by atoms with van der Waals surface area (Å²) in [5.74, 6) is 0.280. The summed E-state index contributed by atoms with van der Waals surface area (Å²) in [7, 11) is -3.33. The lowest BCUT2D eigenvalue weighted by Gasteiger charge is -2.09. The highest BCUT2D eigenvalue weighted by atomic mass is 31.2. The van der Waals surface area contributed by atoms with Crippen molar-refractivity contribution >= 4 is 7.60 Å². The Kier molecular flexibility index (Phi) is 2.95. The van der Waals surface area contributed by atoms with Crippen molar-refractivity contribution in [1.82, 2.24) is 0 Å². The molecule has 0 bridgehead atoms. The lowest BCUT2D eigenvalue weighted by molar-refractivity contribution is 0.327. The summed E-state index contributed by atoms with van der Waals surface area (Å²) >= 11 is 0. The molecule has 0 aliphatic carbocycles. The summed E-state index contributed by atoms with van der Waals surface area (Å²) in [5.41, 5.74) is 0. The van der Waals surface area contributed by atoms with E-state index in [2.05, 4.69) is 11.1 Å². The Hall–Kier alpha value is -0.270. The van der Waals surface area contributed by atoms with Gasteiger partial charge in [0, 0.05) is 0 Å². The van der Waals surface area contributed by atoms with Crippen LogP contribution in [0.5, 0.6) is 0 Å². The first-order chi connectivity index (χ1) is 3.98. The molecule has 0 aliphatic rings. The molecule has 0 saturated carbocycles. The summed E-state index contributed by atoms with van der Waals surface area (Å²) in [5, 5.41) is 0. The van der Waals surface area contributed by atoms with Crippen molar-refractivity contribution in [1.29, 1.82) is 0 Å². The van der Waals surface area contributed by atoms with Gasteiger partial charge < -0.3 is 9.42 Å². The average Bonchev–Trinajstić information content (AvgIpc) is 1.63. The van der Waals surface area contributed by atoms with Crippen molar-refractivity contribution in [2.45, 2.75) is 13.8 Å². The number of allylic oxidation sites excluding steroid dienone is 1. The fourth-order valence-corrected chi connectivity index (χ4v) is 0.924. The zero-order valence-corrected chi connectivity index (χ0v) is 6.52. The van der Waals surface area contributed by atoms with Gasteiger partial charge in [-0.15, -0.1) is 0 Å². The molecule has 0 radical (unpaired) electrons. The van der Waals surface area contributed by atoms with Gasteiger partial charge in [-0.25, -0.2) is 4.57 Å². The lowest BCUT2D eigenvalue weighted by Crippen LogP contribution is -1.87. The van der Waals surface area contributed by atoms with Crippen molar-refractivity contribution in [2.75, 3.05) is 6.16 Å². The van der Waals surface area contributed by atoms with Gasteiger partial charge in [0.1, 0.15) is 0 Å². The van der Waals surface area contributed by atoms with Crippen LogP contribution in [0, 0.1) is 0 Å². The van der Waals surface area contributed by atoms with Gasteiger partial charge in [-0.05, 0) is 6.92 Å². The SMILES string of the molecule is C=C(C)OP(=O)(O)CC. The minimum absolute atomic E-state index is 0.125. The van der Waals surface area contributed by atoms with E-state index in [0.29, 0.717) is 0 Å². The Bertz CT molecular complexity index is 152. The van der Waals surface area contributed by atoms with Gasteiger partial charge in [-0.3, -0.25) is 0 Å². The average molecular weight is 150 g/mol. The van der Waals surface area contributed by atoms with Gasteiger partial charge in [0.2, 0.25) is 0 Å². The highest BCUT2D eigenvalue weighted by molar-refractivity contribution is 7.52. The van der Waals surface area contributed by atoms with Crippen LogP contribution in [0.25, 0.3) is 0 Å². The first-order valence-corrected chi connectivity index (χ1v) is 4.41. The molecule has 9 heavy (non-hydrogen) atoms. The Morgan fingerprint density at radius 3 is 2.44 bits per heavy atom. The van der Waals surface area contributed by atoms with Gasteiger partial charge in [0.05, 0.1) is 11.9 Å². The fraction of sp³-hybridized carbons (Fsp3) is 0.600. The minimum atomic E-state index is -3.33. The van der Waals surface area contributed by atoms with E-state index in [0.717, 1.165) is 0 Å². The standard InChI is InChI=1S/C5H11O3P/c1-4-9(6,7)8-5(2)3/h2,4H2,1,3H3,(H,6,7). The maximum atomic E-state index is 10.7. The number of hydrogen-bond donors (Lipinski definition) is 1.